The van der Waals surface area contributed by atoms with E-state index in [-0.39, 0.29) is 15.0 Å². The number of sulfone groups is 1. The molecule has 0 saturated heterocycles. The highest BCUT2D eigenvalue weighted by molar-refractivity contribution is 7.94. The number of sulfonamides is 1. The Bertz CT molecular complexity index is 1070. The minimum absolute atomic E-state index is 0.161. The van der Waals surface area contributed by atoms with Gasteiger partial charge in [0.25, 0.3) is 0 Å². The van der Waals surface area contributed by atoms with Crippen molar-refractivity contribution in [2.75, 3.05) is 6.54 Å². The minimum Gasteiger partial charge on any atom is -0.264 e. The molecule has 10 heteroatoms. The van der Waals surface area contributed by atoms with Crippen LogP contribution in [0.3, 0.4) is 0 Å². The van der Waals surface area contributed by atoms with Crippen molar-refractivity contribution in [1.29, 1.82) is 0 Å². The Labute approximate surface area is 160 Å². The van der Waals surface area contributed by atoms with Crippen LogP contribution in [0.15, 0.2) is 62.6 Å². The number of hydrogen-bond donors (Lipinski definition) is 1. The maximum atomic E-state index is 13.0. The Kier molecular flexibility index (Phi) is 5.58. The van der Waals surface area contributed by atoms with Crippen LogP contribution in [0.1, 0.15) is 15.7 Å². The van der Waals surface area contributed by atoms with E-state index in [0.717, 1.165) is 27.6 Å². The SMILES string of the molecule is Cc1ccc(S(=O)(=O)NCC(c2cccnc2)S(=O)(=O)c2cccs2)s1. The summed E-state index contributed by atoms with van der Waals surface area (Å²) in [5, 5.41) is 0.608. The maximum Gasteiger partial charge on any atom is 0.250 e. The Morgan fingerprint density at radius 1 is 1.08 bits per heavy atom. The largest absolute Gasteiger partial charge is 0.264 e. The average Bonchev–Trinajstić information content (AvgIpc) is 3.27. The molecule has 0 fully saturated rings. The molecule has 3 aromatic rings. The molecular formula is C16H16N2O4S4. The molecule has 1 N–H and O–H groups in total. The van der Waals surface area contributed by atoms with Crippen molar-refractivity contribution in [3.05, 3.63) is 64.6 Å². The number of nitrogens with zero attached hydrogens (tertiary/aromatic N) is 1. The van der Waals surface area contributed by atoms with Crippen molar-refractivity contribution in [2.45, 2.75) is 20.6 Å². The number of hydrogen-bond acceptors (Lipinski definition) is 7. The van der Waals surface area contributed by atoms with E-state index < -0.39 is 25.1 Å². The van der Waals surface area contributed by atoms with Gasteiger partial charge in [-0.05, 0) is 42.1 Å². The highest BCUT2D eigenvalue weighted by Crippen LogP contribution is 2.31. The second-order valence-corrected chi connectivity index (χ2v) is 12.1. The summed E-state index contributed by atoms with van der Waals surface area (Å²) >= 11 is 2.24. The zero-order valence-corrected chi connectivity index (χ0v) is 17.0. The second kappa shape index (κ2) is 7.57. The standard InChI is InChI=1S/C16H16N2O4S4/c1-12-6-7-16(24-12)26(21,22)18-11-14(13-4-2-8-17-10-13)25(19,20)15-5-3-9-23-15/h2-10,14,18H,11H2,1H3. The number of pyridine rings is 1. The van der Waals surface area contributed by atoms with Gasteiger partial charge in [-0.25, -0.2) is 21.6 Å². The molecule has 0 amide bonds. The zero-order valence-electron chi connectivity index (χ0n) is 13.7. The van der Waals surface area contributed by atoms with E-state index in [2.05, 4.69) is 9.71 Å². The van der Waals surface area contributed by atoms with Crippen LogP contribution in [-0.2, 0) is 19.9 Å². The van der Waals surface area contributed by atoms with E-state index in [0.29, 0.717) is 5.56 Å². The van der Waals surface area contributed by atoms with Gasteiger partial charge in [0.1, 0.15) is 13.7 Å². The van der Waals surface area contributed by atoms with Crippen LogP contribution in [-0.4, -0.2) is 28.4 Å². The number of aryl methyl sites for hydroxylation is 1. The summed E-state index contributed by atoms with van der Waals surface area (Å²) in [5.74, 6) is 0. The second-order valence-electron chi connectivity index (χ2n) is 5.47. The zero-order chi connectivity index (χ0) is 18.8. The molecule has 3 rings (SSSR count). The summed E-state index contributed by atoms with van der Waals surface area (Å²) in [6.07, 6.45) is 2.98. The van der Waals surface area contributed by atoms with Crippen molar-refractivity contribution in [1.82, 2.24) is 9.71 Å². The third-order valence-corrected chi connectivity index (χ3v) is 10.1. The van der Waals surface area contributed by atoms with E-state index in [1.165, 1.54) is 24.5 Å². The number of nitrogens with one attached hydrogen (secondary N) is 1. The van der Waals surface area contributed by atoms with E-state index in [1.807, 2.05) is 6.92 Å². The molecule has 0 aliphatic heterocycles. The summed E-state index contributed by atoms with van der Waals surface area (Å²) in [6.45, 7) is 1.54. The van der Waals surface area contributed by atoms with E-state index in [9.17, 15) is 16.8 Å². The molecule has 3 aromatic heterocycles. The fraction of sp³-hybridized carbons (Fsp3) is 0.188. The molecule has 0 aromatic carbocycles. The normalized spacial score (nSPS) is 13.6. The van der Waals surface area contributed by atoms with Gasteiger partial charge < -0.3 is 0 Å². The van der Waals surface area contributed by atoms with Gasteiger partial charge >= 0.3 is 0 Å². The first kappa shape index (κ1) is 19.2. The lowest BCUT2D eigenvalue weighted by atomic mass is 10.2. The molecule has 26 heavy (non-hydrogen) atoms. The lowest BCUT2D eigenvalue weighted by molar-refractivity contribution is 0.570. The predicted octanol–water partition coefficient (Wildman–Crippen LogP) is 3.01. The summed E-state index contributed by atoms with van der Waals surface area (Å²) in [4.78, 5) is 4.83. The number of aromatic nitrogens is 1. The van der Waals surface area contributed by atoms with E-state index >= 15 is 0 Å². The molecule has 0 aliphatic carbocycles. The van der Waals surface area contributed by atoms with Gasteiger partial charge in [0.15, 0.2) is 9.84 Å². The maximum absolute atomic E-state index is 13.0. The highest BCUT2D eigenvalue weighted by atomic mass is 32.2. The third-order valence-electron chi connectivity index (χ3n) is 3.65. The van der Waals surface area contributed by atoms with Crippen LogP contribution >= 0.6 is 22.7 Å². The van der Waals surface area contributed by atoms with Crippen LogP contribution in [0.25, 0.3) is 0 Å². The van der Waals surface area contributed by atoms with Crippen LogP contribution in [0, 0.1) is 6.92 Å². The number of rotatable bonds is 7. The molecule has 0 bridgehead atoms. The van der Waals surface area contributed by atoms with E-state index in [1.54, 1.807) is 29.6 Å². The topological polar surface area (TPSA) is 93.2 Å². The van der Waals surface area contributed by atoms with Crippen molar-refractivity contribution >= 4 is 42.5 Å². The lowest BCUT2D eigenvalue weighted by Gasteiger charge is -2.17. The fourth-order valence-electron chi connectivity index (χ4n) is 2.35. The molecule has 6 nitrogen and oxygen atoms in total. The van der Waals surface area contributed by atoms with Gasteiger partial charge in [-0.1, -0.05) is 12.1 Å². The first-order valence-electron chi connectivity index (χ1n) is 7.54. The van der Waals surface area contributed by atoms with Crippen LogP contribution < -0.4 is 4.72 Å². The Hall–Kier alpha value is -1.59. The monoisotopic (exact) mass is 428 g/mol. The first-order valence-corrected chi connectivity index (χ1v) is 12.3. The van der Waals surface area contributed by atoms with Crippen molar-refractivity contribution in [3.8, 4) is 0 Å². The van der Waals surface area contributed by atoms with Gasteiger partial charge in [0.2, 0.25) is 10.0 Å². The molecule has 3 heterocycles. The van der Waals surface area contributed by atoms with Crippen molar-refractivity contribution in [2.24, 2.45) is 0 Å². The predicted molar refractivity (Wildman–Crippen MR) is 103 cm³/mol. The molecule has 1 atom stereocenters. The summed E-state index contributed by atoms with van der Waals surface area (Å²) < 4.78 is 53.8. The fourth-order valence-corrected chi connectivity index (χ4v) is 7.68. The molecule has 0 radical (unpaired) electrons. The molecule has 1 unspecified atom stereocenters. The summed E-state index contributed by atoms with van der Waals surface area (Å²) in [7, 11) is -7.54. The van der Waals surface area contributed by atoms with Gasteiger partial charge in [0, 0.05) is 23.8 Å². The molecule has 138 valence electrons. The van der Waals surface area contributed by atoms with Gasteiger partial charge in [0.05, 0.1) is 0 Å². The Morgan fingerprint density at radius 2 is 1.88 bits per heavy atom. The van der Waals surface area contributed by atoms with Crippen LogP contribution in [0.5, 0.6) is 0 Å². The quantitative estimate of drug-likeness (QED) is 0.624. The summed E-state index contributed by atoms with van der Waals surface area (Å²) in [6, 6.07) is 9.64. The van der Waals surface area contributed by atoms with Crippen molar-refractivity contribution in [3.63, 3.8) is 0 Å². The highest BCUT2D eigenvalue weighted by Gasteiger charge is 2.32. The Balaban J connectivity index is 1.93. The molecule has 0 spiro atoms. The van der Waals surface area contributed by atoms with Crippen LogP contribution in [0.4, 0.5) is 0 Å². The number of thiophene rings is 2. The molecule has 0 saturated carbocycles. The van der Waals surface area contributed by atoms with E-state index in [4.69, 9.17) is 0 Å². The van der Waals surface area contributed by atoms with Crippen LogP contribution in [0.2, 0.25) is 0 Å². The average molecular weight is 429 g/mol. The smallest absolute Gasteiger partial charge is 0.250 e. The van der Waals surface area contributed by atoms with Gasteiger partial charge in [-0.3, -0.25) is 4.98 Å². The lowest BCUT2D eigenvalue weighted by Crippen LogP contribution is -2.31. The van der Waals surface area contributed by atoms with Gasteiger partial charge in [-0.2, -0.15) is 0 Å². The first-order chi connectivity index (χ1) is 12.3. The summed E-state index contributed by atoms with van der Waals surface area (Å²) in [5.41, 5.74) is 0.436. The molecular weight excluding hydrogens is 412 g/mol. The Morgan fingerprint density at radius 3 is 2.46 bits per heavy atom. The molecule has 0 aliphatic rings. The minimum atomic E-state index is -3.78. The van der Waals surface area contributed by atoms with Gasteiger partial charge in [-0.15, -0.1) is 22.7 Å². The third kappa shape index (κ3) is 4.04. The van der Waals surface area contributed by atoms with Crippen molar-refractivity contribution < 1.29 is 16.8 Å².